The molecule has 0 aliphatic carbocycles. The summed E-state index contributed by atoms with van der Waals surface area (Å²) < 4.78 is 52.4. The molecular formula is C16H13F4NO2. The summed E-state index contributed by atoms with van der Waals surface area (Å²) in [5.74, 6) is -8.53. The highest BCUT2D eigenvalue weighted by Crippen LogP contribution is 2.19. The van der Waals surface area contributed by atoms with Crippen molar-refractivity contribution in [3.63, 3.8) is 0 Å². The minimum atomic E-state index is -2.04. The molecule has 0 fully saturated rings. The fraction of sp³-hybridized carbons (Fsp3) is 0.188. The maximum Gasteiger partial charge on any atom is 0.254 e. The zero-order chi connectivity index (χ0) is 17.0. The fourth-order valence-electron chi connectivity index (χ4n) is 2.00. The maximum atomic E-state index is 13.5. The number of hydrogen-bond acceptors (Lipinski definition) is 2. The van der Waals surface area contributed by atoms with Gasteiger partial charge in [-0.1, -0.05) is 30.3 Å². The van der Waals surface area contributed by atoms with Crippen LogP contribution in [0.2, 0.25) is 0 Å². The molecule has 1 amide bonds. The van der Waals surface area contributed by atoms with Crippen LogP contribution in [0.5, 0.6) is 0 Å². The van der Waals surface area contributed by atoms with Crippen LogP contribution in [0.3, 0.4) is 0 Å². The minimum absolute atomic E-state index is 0.0606. The van der Waals surface area contributed by atoms with E-state index in [9.17, 15) is 27.5 Å². The second-order valence-corrected chi connectivity index (χ2v) is 4.82. The van der Waals surface area contributed by atoms with Gasteiger partial charge in [0.2, 0.25) is 0 Å². The number of aliphatic hydroxyl groups excluding tert-OH is 1. The molecule has 0 saturated carbocycles. The van der Waals surface area contributed by atoms with Crippen LogP contribution in [0.15, 0.2) is 36.4 Å². The lowest BCUT2D eigenvalue weighted by Gasteiger charge is -2.12. The van der Waals surface area contributed by atoms with Crippen molar-refractivity contribution in [1.29, 1.82) is 0 Å². The second-order valence-electron chi connectivity index (χ2n) is 4.82. The normalized spacial score (nSPS) is 12.0. The number of aliphatic hydroxyl groups is 1. The zero-order valence-electron chi connectivity index (χ0n) is 11.8. The average molecular weight is 327 g/mol. The first-order chi connectivity index (χ1) is 10.9. The molecule has 0 saturated heterocycles. The van der Waals surface area contributed by atoms with Crippen LogP contribution in [0.1, 0.15) is 28.4 Å². The van der Waals surface area contributed by atoms with E-state index in [0.717, 1.165) is 0 Å². The molecule has 7 heteroatoms. The van der Waals surface area contributed by atoms with Gasteiger partial charge < -0.3 is 10.4 Å². The van der Waals surface area contributed by atoms with Gasteiger partial charge in [-0.3, -0.25) is 4.79 Å². The molecule has 2 aromatic rings. The van der Waals surface area contributed by atoms with Gasteiger partial charge in [-0.05, 0) is 18.1 Å². The van der Waals surface area contributed by atoms with Crippen molar-refractivity contribution in [3.8, 4) is 0 Å². The van der Waals surface area contributed by atoms with E-state index in [-0.39, 0.29) is 19.0 Å². The SMILES string of the molecule is O=C(NCCC(O)c1ccccc1)c1cc(F)c(F)c(F)c1F. The molecule has 0 heterocycles. The van der Waals surface area contributed by atoms with Crippen molar-refractivity contribution in [2.75, 3.05) is 6.54 Å². The topological polar surface area (TPSA) is 49.3 Å². The highest BCUT2D eigenvalue weighted by Gasteiger charge is 2.22. The molecule has 0 bridgehead atoms. The quantitative estimate of drug-likeness (QED) is 0.504. The van der Waals surface area contributed by atoms with Gasteiger partial charge in [-0.25, -0.2) is 17.6 Å². The van der Waals surface area contributed by atoms with Crippen molar-refractivity contribution in [2.45, 2.75) is 12.5 Å². The molecule has 0 radical (unpaired) electrons. The molecule has 1 unspecified atom stereocenters. The van der Waals surface area contributed by atoms with Gasteiger partial charge in [0.05, 0.1) is 11.7 Å². The van der Waals surface area contributed by atoms with Gasteiger partial charge >= 0.3 is 0 Å². The van der Waals surface area contributed by atoms with E-state index in [1.54, 1.807) is 30.3 Å². The summed E-state index contributed by atoms with van der Waals surface area (Å²) in [6, 6.07) is 8.91. The van der Waals surface area contributed by atoms with Crippen molar-refractivity contribution < 1.29 is 27.5 Å². The van der Waals surface area contributed by atoms with Gasteiger partial charge in [0.15, 0.2) is 23.3 Å². The van der Waals surface area contributed by atoms with Crippen LogP contribution < -0.4 is 5.32 Å². The Kier molecular flexibility index (Phi) is 5.33. The molecule has 3 nitrogen and oxygen atoms in total. The smallest absolute Gasteiger partial charge is 0.254 e. The molecule has 0 aliphatic rings. The Bertz CT molecular complexity index is 707. The monoisotopic (exact) mass is 327 g/mol. The van der Waals surface area contributed by atoms with E-state index in [0.29, 0.717) is 5.56 Å². The van der Waals surface area contributed by atoms with Crippen LogP contribution in [0.25, 0.3) is 0 Å². The highest BCUT2D eigenvalue weighted by molar-refractivity contribution is 5.94. The van der Waals surface area contributed by atoms with Crippen LogP contribution in [-0.2, 0) is 0 Å². The molecule has 0 aliphatic heterocycles. The number of carbonyl (C=O) groups excluding carboxylic acids is 1. The predicted molar refractivity (Wildman–Crippen MR) is 74.6 cm³/mol. The highest BCUT2D eigenvalue weighted by atomic mass is 19.2. The van der Waals surface area contributed by atoms with E-state index in [4.69, 9.17) is 0 Å². The summed E-state index contributed by atoms with van der Waals surface area (Å²) in [5.41, 5.74) is -0.303. The molecule has 2 aromatic carbocycles. The Balaban J connectivity index is 1.98. The minimum Gasteiger partial charge on any atom is -0.388 e. The number of rotatable bonds is 5. The standard InChI is InChI=1S/C16H13F4NO2/c17-11-8-10(13(18)15(20)14(11)19)16(23)21-7-6-12(22)9-4-2-1-3-5-9/h1-5,8,12,22H,6-7H2,(H,21,23). The molecular weight excluding hydrogens is 314 g/mol. The Hall–Kier alpha value is -2.41. The lowest BCUT2D eigenvalue weighted by molar-refractivity contribution is 0.0936. The summed E-state index contributed by atoms with van der Waals surface area (Å²) in [6.07, 6.45) is -0.744. The zero-order valence-corrected chi connectivity index (χ0v) is 11.8. The van der Waals surface area contributed by atoms with Crippen molar-refractivity contribution in [1.82, 2.24) is 5.32 Å². The third-order valence-electron chi connectivity index (χ3n) is 3.23. The largest absolute Gasteiger partial charge is 0.388 e. The van der Waals surface area contributed by atoms with Crippen molar-refractivity contribution in [3.05, 3.63) is 70.8 Å². The van der Waals surface area contributed by atoms with Crippen LogP contribution >= 0.6 is 0 Å². The second kappa shape index (κ2) is 7.23. The number of halogens is 4. The van der Waals surface area contributed by atoms with Crippen molar-refractivity contribution in [2.24, 2.45) is 0 Å². The van der Waals surface area contributed by atoms with Gasteiger partial charge in [0.1, 0.15) is 0 Å². The van der Waals surface area contributed by atoms with Crippen LogP contribution in [-0.4, -0.2) is 17.6 Å². The van der Waals surface area contributed by atoms with E-state index in [2.05, 4.69) is 5.32 Å². The average Bonchev–Trinajstić information content (AvgIpc) is 2.56. The molecule has 0 spiro atoms. The van der Waals surface area contributed by atoms with Gasteiger partial charge in [0.25, 0.3) is 5.91 Å². The first-order valence-electron chi connectivity index (χ1n) is 6.76. The summed E-state index contributed by atoms with van der Waals surface area (Å²) >= 11 is 0. The summed E-state index contributed by atoms with van der Waals surface area (Å²) in [6.45, 7) is -0.0606. The molecule has 23 heavy (non-hydrogen) atoms. The molecule has 2 N–H and O–H groups in total. The first kappa shape index (κ1) is 17.0. The van der Waals surface area contributed by atoms with Crippen molar-refractivity contribution >= 4 is 5.91 Å². The first-order valence-corrected chi connectivity index (χ1v) is 6.76. The Morgan fingerprint density at radius 2 is 1.70 bits per heavy atom. The van der Waals surface area contributed by atoms with Gasteiger partial charge in [-0.2, -0.15) is 0 Å². The summed E-state index contributed by atoms with van der Waals surface area (Å²) in [7, 11) is 0. The third kappa shape index (κ3) is 3.87. The number of amides is 1. The van der Waals surface area contributed by atoms with E-state index >= 15 is 0 Å². The van der Waals surface area contributed by atoms with Gasteiger partial charge in [0, 0.05) is 6.54 Å². The summed E-state index contributed by atoms with van der Waals surface area (Å²) in [4.78, 5) is 11.7. The number of carbonyl (C=O) groups is 1. The molecule has 122 valence electrons. The van der Waals surface area contributed by atoms with E-state index in [1.807, 2.05) is 0 Å². The van der Waals surface area contributed by atoms with E-state index < -0.39 is 40.8 Å². The molecule has 0 aromatic heterocycles. The number of nitrogens with one attached hydrogen (secondary N) is 1. The number of benzene rings is 2. The third-order valence-corrected chi connectivity index (χ3v) is 3.23. The number of hydrogen-bond donors (Lipinski definition) is 2. The maximum absolute atomic E-state index is 13.5. The lowest BCUT2D eigenvalue weighted by Crippen LogP contribution is -2.27. The lowest BCUT2D eigenvalue weighted by atomic mass is 10.1. The predicted octanol–water partition coefficient (Wildman–Crippen LogP) is 3.10. The fourth-order valence-corrected chi connectivity index (χ4v) is 2.00. The van der Waals surface area contributed by atoms with Crippen LogP contribution in [0.4, 0.5) is 17.6 Å². The van der Waals surface area contributed by atoms with Crippen LogP contribution in [0, 0.1) is 23.3 Å². The molecule has 2 rings (SSSR count). The Morgan fingerprint density at radius 3 is 2.35 bits per heavy atom. The van der Waals surface area contributed by atoms with E-state index in [1.165, 1.54) is 0 Å². The summed E-state index contributed by atoms with van der Waals surface area (Å²) in [5, 5.41) is 12.1. The molecule has 1 atom stereocenters. The van der Waals surface area contributed by atoms with Gasteiger partial charge in [-0.15, -0.1) is 0 Å². The Morgan fingerprint density at radius 1 is 1.04 bits per heavy atom. The Labute approximate surface area is 129 Å².